The molecule has 1 aromatic rings. The third-order valence-corrected chi connectivity index (χ3v) is 1.52. The zero-order chi connectivity index (χ0) is 9.14. The number of hydrogen-bond donors (Lipinski definition) is 1. The van der Waals surface area contributed by atoms with Gasteiger partial charge in [-0.25, -0.2) is 0 Å². The van der Waals surface area contributed by atoms with Gasteiger partial charge in [0.05, 0.1) is 12.7 Å². The molecular formula is C7H6ClNO3. The van der Waals surface area contributed by atoms with E-state index >= 15 is 0 Å². The fourth-order valence-electron chi connectivity index (χ4n) is 0.775. The number of H-pyrrole nitrogens is 1. The average Bonchev–Trinajstić information content (AvgIpc) is 2.03. The molecule has 0 spiro atoms. The summed E-state index contributed by atoms with van der Waals surface area (Å²) in [5.41, 5.74) is -0.188. The number of aromatic nitrogens is 1. The van der Waals surface area contributed by atoms with Crippen LogP contribution in [-0.2, 0) is 0 Å². The van der Waals surface area contributed by atoms with Gasteiger partial charge in [0.15, 0.2) is 0 Å². The number of carbonyl (C=O) groups is 1. The van der Waals surface area contributed by atoms with E-state index in [2.05, 4.69) is 4.98 Å². The third kappa shape index (κ3) is 1.65. The Morgan fingerprint density at radius 1 is 1.67 bits per heavy atom. The van der Waals surface area contributed by atoms with Crippen molar-refractivity contribution in [2.24, 2.45) is 0 Å². The van der Waals surface area contributed by atoms with E-state index in [4.69, 9.17) is 16.3 Å². The molecule has 1 aromatic heterocycles. The Bertz CT molecular complexity index is 358. The molecule has 0 fully saturated rings. The Labute approximate surface area is 73.1 Å². The van der Waals surface area contributed by atoms with E-state index in [0.29, 0.717) is 0 Å². The summed E-state index contributed by atoms with van der Waals surface area (Å²) in [6.07, 6.45) is 1.22. The first-order valence-electron chi connectivity index (χ1n) is 3.11. The Balaban J connectivity index is 3.29. The van der Waals surface area contributed by atoms with Crippen molar-refractivity contribution < 1.29 is 9.53 Å². The first-order chi connectivity index (χ1) is 5.65. The molecule has 64 valence electrons. The van der Waals surface area contributed by atoms with Crippen LogP contribution in [0.3, 0.4) is 0 Å². The summed E-state index contributed by atoms with van der Waals surface area (Å²) in [6.45, 7) is 0. The van der Waals surface area contributed by atoms with Gasteiger partial charge in [0.1, 0.15) is 5.75 Å². The molecule has 4 nitrogen and oxygen atoms in total. The van der Waals surface area contributed by atoms with Crippen molar-refractivity contribution in [2.75, 3.05) is 7.11 Å². The van der Waals surface area contributed by atoms with Crippen molar-refractivity contribution in [1.29, 1.82) is 0 Å². The second-order valence-corrected chi connectivity index (χ2v) is 2.40. The molecule has 1 heterocycles. The summed E-state index contributed by atoms with van der Waals surface area (Å²) >= 11 is 5.20. The van der Waals surface area contributed by atoms with E-state index < -0.39 is 5.24 Å². The van der Waals surface area contributed by atoms with Gasteiger partial charge in [-0.3, -0.25) is 9.59 Å². The quantitative estimate of drug-likeness (QED) is 0.696. The highest BCUT2D eigenvalue weighted by atomic mass is 35.5. The zero-order valence-corrected chi connectivity index (χ0v) is 7.01. The normalized spacial score (nSPS) is 9.50. The van der Waals surface area contributed by atoms with Gasteiger partial charge in [-0.1, -0.05) is 0 Å². The highest BCUT2D eigenvalue weighted by molar-refractivity contribution is 6.68. The standard InChI is InChI=1S/C7H6ClNO3/c1-12-5-2-6(10)9-3-4(5)7(8)11/h2-3H,1H3,(H,9,10). The van der Waals surface area contributed by atoms with E-state index in [0.717, 1.165) is 6.07 Å². The maximum Gasteiger partial charge on any atom is 0.257 e. The molecule has 1 N–H and O–H groups in total. The van der Waals surface area contributed by atoms with Gasteiger partial charge in [0, 0.05) is 12.3 Å². The van der Waals surface area contributed by atoms with Gasteiger partial charge < -0.3 is 9.72 Å². The Morgan fingerprint density at radius 3 is 2.83 bits per heavy atom. The smallest absolute Gasteiger partial charge is 0.257 e. The highest BCUT2D eigenvalue weighted by Crippen LogP contribution is 2.15. The number of ether oxygens (including phenoxy) is 1. The van der Waals surface area contributed by atoms with E-state index in [1.54, 1.807) is 0 Å². The van der Waals surface area contributed by atoms with Crippen LogP contribution in [0.5, 0.6) is 5.75 Å². The Kier molecular flexibility index (Phi) is 2.50. The van der Waals surface area contributed by atoms with Crippen LogP contribution in [0, 0.1) is 0 Å². The minimum atomic E-state index is -0.664. The SMILES string of the molecule is COc1cc(=O)[nH]cc1C(=O)Cl. The van der Waals surface area contributed by atoms with Crippen molar-refractivity contribution in [1.82, 2.24) is 4.98 Å². The summed E-state index contributed by atoms with van der Waals surface area (Å²) < 4.78 is 4.76. The molecule has 0 aliphatic rings. The molecule has 0 aromatic carbocycles. The topological polar surface area (TPSA) is 59.2 Å². The summed E-state index contributed by atoms with van der Waals surface area (Å²) in [4.78, 5) is 23.7. The lowest BCUT2D eigenvalue weighted by Gasteiger charge is -2.01. The zero-order valence-electron chi connectivity index (χ0n) is 6.26. The van der Waals surface area contributed by atoms with Crippen molar-refractivity contribution in [3.63, 3.8) is 0 Å². The van der Waals surface area contributed by atoms with Gasteiger partial charge in [-0.15, -0.1) is 0 Å². The number of carbonyl (C=O) groups excluding carboxylic acids is 1. The average molecular weight is 188 g/mol. The number of halogens is 1. The number of hydrogen-bond acceptors (Lipinski definition) is 3. The van der Waals surface area contributed by atoms with E-state index in [1.807, 2.05) is 0 Å². The van der Waals surface area contributed by atoms with Crippen molar-refractivity contribution in [2.45, 2.75) is 0 Å². The van der Waals surface area contributed by atoms with Crippen molar-refractivity contribution in [3.05, 3.63) is 28.2 Å². The molecule has 0 radical (unpaired) electrons. The van der Waals surface area contributed by atoms with Crippen LogP contribution < -0.4 is 10.3 Å². The lowest BCUT2D eigenvalue weighted by atomic mass is 10.3. The number of methoxy groups -OCH3 is 1. The van der Waals surface area contributed by atoms with E-state index in [-0.39, 0.29) is 16.9 Å². The molecule has 1 rings (SSSR count). The molecule has 0 saturated carbocycles. The molecule has 0 unspecified atom stereocenters. The van der Waals surface area contributed by atoms with Crippen molar-refractivity contribution in [3.8, 4) is 5.75 Å². The van der Waals surface area contributed by atoms with Gasteiger partial charge in [0.2, 0.25) is 0 Å². The third-order valence-electron chi connectivity index (χ3n) is 1.32. The summed E-state index contributed by atoms with van der Waals surface area (Å²) in [5.74, 6) is 0.179. The molecule has 0 atom stereocenters. The predicted molar refractivity (Wildman–Crippen MR) is 43.8 cm³/mol. The lowest BCUT2D eigenvalue weighted by Crippen LogP contribution is -2.07. The predicted octanol–water partition coefficient (Wildman–Crippen LogP) is 0.762. The summed E-state index contributed by atoms with van der Waals surface area (Å²) in [7, 11) is 1.36. The Morgan fingerprint density at radius 2 is 2.33 bits per heavy atom. The second-order valence-electron chi connectivity index (χ2n) is 2.05. The van der Waals surface area contributed by atoms with Crippen LogP contribution in [0.4, 0.5) is 0 Å². The van der Waals surface area contributed by atoms with Crippen LogP contribution >= 0.6 is 11.6 Å². The van der Waals surface area contributed by atoms with E-state index in [9.17, 15) is 9.59 Å². The first kappa shape index (κ1) is 8.80. The maximum atomic E-state index is 10.7. The van der Waals surface area contributed by atoms with Crippen LogP contribution in [0.25, 0.3) is 0 Å². The highest BCUT2D eigenvalue weighted by Gasteiger charge is 2.09. The molecule has 12 heavy (non-hydrogen) atoms. The van der Waals surface area contributed by atoms with Crippen LogP contribution in [0.2, 0.25) is 0 Å². The fourth-order valence-corrected chi connectivity index (χ4v) is 0.923. The van der Waals surface area contributed by atoms with Crippen molar-refractivity contribution >= 4 is 16.8 Å². The summed E-state index contributed by atoms with van der Waals surface area (Å²) in [5, 5.41) is -0.664. The minimum Gasteiger partial charge on any atom is -0.496 e. The van der Waals surface area contributed by atoms with Gasteiger partial charge >= 0.3 is 0 Å². The maximum absolute atomic E-state index is 10.7. The molecule has 0 bridgehead atoms. The molecule has 0 amide bonds. The van der Waals surface area contributed by atoms with Crippen LogP contribution in [0.1, 0.15) is 10.4 Å². The Hall–Kier alpha value is -1.29. The van der Waals surface area contributed by atoms with E-state index in [1.165, 1.54) is 13.3 Å². The molecule has 0 aliphatic carbocycles. The second kappa shape index (κ2) is 3.40. The number of pyridine rings is 1. The monoisotopic (exact) mass is 187 g/mol. The van der Waals surface area contributed by atoms with Crippen LogP contribution in [-0.4, -0.2) is 17.3 Å². The number of nitrogens with one attached hydrogen (secondary N) is 1. The largest absolute Gasteiger partial charge is 0.496 e. The summed E-state index contributed by atoms with van der Waals surface area (Å²) in [6, 6.07) is 1.16. The first-order valence-corrected chi connectivity index (χ1v) is 3.49. The van der Waals surface area contributed by atoms with Gasteiger partial charge in [-0.05, 0) is 11.6 Å². The van der Waals surface area contributed by atoms with Gasteiger partial charge in [-0.2, -0.15) is 0 Å². The number of aromatic amines is 1. The molecule has 0 saturated heterocycles. The lowest BCUT2D eigenvalue weighted by molar-refractivity contribution is 0.107. The number of rotatable bonds is 2. The molecule has 5 heteroatoms. The van der Waals surface area contributed by atoms with Crippen LogP contribution in [0.15, 0.2) is 17.1 Å². The molecule has 0 aliphatic heterocycles. The molecular weight excluding hydrogens is 182 g/mol. The minimum absolute atomic E-state index is 0.152. The fraction of sp³-hybridized carbons (Fsp3) is 0.143. The van der Waals surface area contributed by atoms with Gasteiger partial charge in [0.25, 0.3) is 10.8 Å².